The predicted molar refractivity (Wildman–Crippen MR) is 71.6 cm³/mol. The van der Waals surface area contributed by atoms with Gasteiger partial charge in [-0.25, -0.2) is 0 Å². The van der Waals surface area contributed by atoms with E-state index in [4.69, 9.17) is 11.6 Å². The van der Waals surface area contributed by atoms with Crippen LogP contribution >= 0.6 is 11.6 Å². The fourth-order valence-electron chi connectivity index (χ4n) is 1.70. The lowest BCUT2D eigenvalue weighted by Crippen LogP contribution is -2.01. The van der Waals surface area contributed by atoms with E-state index in [1.165, 1.54) is 0 Å². The number of nitrogens with one attached hydrogen (secondary N) is 1. The molecule has 2 nitrogen and oxygen atoms in total. The molecule has 0 spiro atoms. The lowest BCUT2D eigenvalue weighted by atomic mass is 10.1. The Bertz CT molecular complexity index is 505. The summed E-state index contributed by atoms with van der Waals surface area (Å²) in [7, 11) is 0. The topological polar surface area (TPSA) is 32.3 Å². The molecule has 88 valence electrons. The Labute approximate surface area is 106 Å². The SMILES string of the molecule is Cc1cccc(Cl)c1NCc1ccccc1O. The van der Waals surface area contributed by atoms with E-state index in [-0.39, 0.29) is 0 Å². The van der Waals surface area contributed by atoms with Gasteiger partial charge in [0.2, 0.25) is 0 Å². The predicted octanol–water partition coefficient (Wildman–Crippen LogP) is 3.97. The van der Waals surface area contributed by atoms with Crippen LogP contribution in [-0.4, -0.2) is 5.11 Å². The number of benzene rings is 2. The van der Waals surface area contributed by atoms with Gasteiger partial charge < -0.3 is 10.4 Å². The van der Waals surface area contributed by atoms with E-state index in [1.807, 2.05) is 37.3 Å². The summed E-state index contributed by atoms with van der Waals surface area (Å²) >= 11 is 6.11. The molecule has 0 aromatic heterocycles. The molecule has 0 radical (unpaired) electrons. The Hall–Kier alpha value is -1.67. The fourth-order valence-corrected chi connectivity index (χ4v) is 1.99. The first-order valence-corrected chi connectivity index (χ1v) is 5.82. The Morgan fingerprint density at radius 2 is 1.88 bits per heavy atom. The quantitative estimate of drug-likeness (QED) is 0.860. The molecular formula is C14H14ClNO. The van der Waals surface area contributed by atoms with Crippen molar-refractivity contribution in [2.24, 2.45) is 0 Å². The second-order valence-electron chi connectivity index (χ2n) is 3.91. The molecule has 17 heavy (non-hydrogen) atoms. The first kappa shape index (κ1) is 11.8. The fraction of sp³-hybridized carbons (Fsp3) is 0.143. The van der Waals surface area contributed by atoms with Gasteiger partial charge in [0, 0.05) is 12.1 Å². The van der Waals surface area contributed by atoms with Gasteiger partial charge in [0.15, 0.2) is 0 Å². The van der Waals surface area contributed by atoms with Crippen LogP contribution in [0.5, 0.6) is 5.75 Å². The third-order valence-electron chi connectivity index (χ3n) is 2.67. The molecule has 3 heteroatoms. The van der Waals surface area contributed by atoms with E-state index in [9.17, 15) is 5.11 Å². The first-order chi connectivity index (χ1) is 8.18. The molecule has 0 saturated heterocycles. The molecule has 0 aliphatic rings. The molecule has 0 fully saturated rings. The second kappa shape index (κ2) is 5.11. The number of hydrogen-bond acceptors (Lipinski definition) is 2. The second-order valence-corrected chi connectivity index (χ2v) is 4.32. The largest absolute Gasteiger partial charge is 0.508 e. The number of para-hydroxylation sites is 2. The maximum absolute atomic E-state index is 9.65. The molecular weight excluding hydrogens is 234 g/mol. The van der Waals surface area contributed by atoms with Crippen LogP contribution in [0.15, 0.2) is 42.5 Å². The Balaban J connectivity index is 2.16. The minimum Gasteiger partial charge on any atom is -0.508 e. The zero-order valence-electron chi connectivity index (χ0n) is 9.57. The number of phenols is 1. The number of aryl methyl sites for hydroxylation is 1. The lowest BCUT2D eigenvalue weighted by molar-refractivity contribution is 0.469. The summed E-state index contributed by atoms with van der Waals surface area (Å²) in [6.07, 6.45) is 0. The Kier molecular flexibility index (Phi) is 3.55. The van der Waals surface area contributed by atoms with Crippen molar-refractivity contribution in [1.82, 2.24) is 0 Å². The number of hydrogen-bond donors (Lipinski definition) is 2. The van der Waals surface area contributed by atoms with Gasteiger partial charge in [-0.05, 0) is 24.6 Å². The van der Waals surface area contributed by atoms with Gasteiger partial charge in [-0.2, -0.15) is 0 Å². The maximum Gasteiger partial charge on any atom is 0.120 e. The average Bonchev–Trinajstić information content (AvgIpc) is 2.30. The molecule has 0 unspecified atom stereocenters. The van der Waals surface area contributed by atoms with Crippen molar-refractivity contribution in [1.29, 1.82) is 0 Å². The van der Waals surface area contributed by atoms with Crippen LogP contribution in [0, 0.1) is 6.92 Å². The molecule has 0 aliphatic heterocycles. The van der Waals surface area contributed by atoms with Crippen LogP contribution in [0.2, 0.25) is 5.02 Å². The van der Waals surface area contributed by atoms with Crippen LogP contribution in [0.1, 0.15) is 11.1 Å². The van der Waals surface area contributed by atoms with Crippen molar-refractivity contribution in [3.05, 3.63) is 58.6 Å². The summed E-state index contributed by atoms with van der Waals surface area (Å²) < 4.78 is 0. The van der Waals surface area contributed by atoms with Gasteiger partial charge in [0.25, 0.3) is 0 Å². The van der Waals surface area contributed by atoms with E-state index in [0.717, 1.165) is 16.8 Å². The van der Waals surface area contributed by atoms with Crippen LogP contribution < -0.4 is 5.32 Å². The number of rotatable bonds is 3. The van der Waals surface area contributed by atoms with Gasteiger partial charge in [-0.1, -0.05) is 41.9 Å². The molecule has 0 aliphatic carbocycles. The van der Waals surface area contributed by atoms with Crippen LogP contribution in [0.4, 0.5) is 5.69 Å². The third-order valence-corrected chi connectivity index (χ3v) is 2.98. The number of aromatic hydroxyl groups is 1. The summed E-state index contributed by atoms with van der Waals surface area (Å²) in [5, 5.41) is 13.6. The summed E-state index contributed by atoms with van der Waals surface area (Å²) in [6.45, 7) is 2.55. The number of anilines is 1. The highest BCUT2D eigenvalue weighted by Gasteiger charge is 2.04. The smallest absolute Gasteiger partial charge is 0.120 e. The number of halogens is 1. The highest BCUT2D eigenvalue weighted by Crippen LogP contribution is 2.26. The normalized spacial score (nSPS) is 10.2. The van der Waals surface area contributed by atoms with Crippen LogP contribution in [-0.2, 0) is 6.54 Å². The van der Waals surface area contributed by atoms with Crippen molar-refractivity contribution in [2.75, 3.05) is 5.32 Å². The standard InChI is InChI=1S/C14H14ClNO/c1-10-5-4-7-12(15)14(10)16-9-11-6-2-3-8-13(11)17/h2-8,16-17H,9H2,1H3. The molecule has 2 aromatic carbocycles. The Morgan fingerprint density at radius 3 is 2.59 bits per heavy atom. The minimum absolute atomic E-state index is 0.296. The number of phenolic OH excluding ortho intramolecular Hbond substituents is 1. The van der Waals surface area contributed by atoms with Gasteiger partial charge in [-0.15, -0.1) is 0 Å². The first-order valence-electron chi connectivity index (χ1n) is 5.44. The molecule has 2 rings (SSSR count). The zero-order chi connectivity index (χ0) is 12.3. The molecule has 0 bridgehead atoms. The van der Waals surface area contributed by atoms with Crippen molar-refractivity contribution < 1.29 is 5.11 Å². The van der Waals surface area contributed by atoms with Crippen molar-refractivity contribution in [3.63, 3.8) is 0 Å². The van der Waals surface area contributed by atoms with Crippen LogP contribution in [0.25, 0.3) is 0 Å². The summed E-state index contributed by atoms with van der Waals surface area (Å²) in [5.74, 6) is 0.296. The summed E-state index contributed by atoms with van der Waals surface area (Å²) in [4.78, 5) is 0. The summed E-state index contributed by atoms with van der Waals surface area (Å²) in [5.41, 5.74) is 2.86. The van der Waals surface area contributed by atoms with E-state index >= 15 is 0 Å². The highest BCUT2D eigenvalue weighted by molar-refractivity contribution is 6.33. The van der Waals surface area contributed by atoms with E-state index in [1.54, 1.807) is 12.1 Å². The van der Waals surface area contributed by atoms with Gasteiger partial charge >= 0.3 is 0 Å². The van der Waals surface area contributed by atoms with Crippen molar-refractivity contribution in [2.45, 2.75) is 13.5 Å². The molecule has 2 aromatic rings. The van der Waals surface area contributed by atoms with Crippen LogP contribution in [0.3, 0.4) is 0 Å². The molecule has 2 N–H and O–H groups in total. The highest BCUT2D eigenvalue weighted by atomic mass is 35.5. The molecule has 0 saturated carbocycles. The maximum atomic E-state index is 9.65. The third kappa shape index (κ3) is 2.71. The Morgan fingerprint density at radius 1 is 1.12 bits per heavy atom. The van der Waals surface area contributed by atoms with Crippen molar-refractivity contribution >= 4 is 17.3 Å². The van der Waals surface area contributed by atoms with Gasteiger partial charge in [-0.3, -0.25) is 0 Å². The lowest BCUT2D eigenvalue weighted by Gasteiger charge is -2.12. The van der Waals surface area contributed by atoms with E-state index in [2.05, 4.69) is 5.32 Å². The van der Waals surface area contributed by atoms with Crippen molar-refractivity contribution in [3.8, 4) is 5.75 Å². The van der Waals surface area contributed by atoms with E-state index in [0.29, 0.717) is 17.3 Å². The minimum atomic E-state index is 0.296. The van der Waals surface area contributed by atoms with Gasteiger partial charge in [0.05, 0.1) is 10.7 Å². The molecule has 0 amide bonds. The molecule has 0 atom stereocenters. The molecule has 0 heterocycles. The monoisotopic (exact) mass is 247 g/mol. The summed E-state index contributed by atoms with van der Waals surface area (Å²) in [6, 6.07) is 13.0. The van der Waals surface area contributed by atoms with Gasteiger partial charge in [0.1, 0.15) is 5.75 Å². The van der Waals surface area contributed by atoms with E-state index < -0.39 is 0 Å². The zero-order valence-corrected chi connectivity index (χ0v) is 10.3. The average molecular weight is 248 g/mol.